The van der Waals surface area contributed by atoms with Crippen molar-refractivity contribution in [3.05, 3.63) is 23.8 Å². The first-order valence-electron chi connectivity index (χ1n) is 6.57. The van der Waals surface area contributed by atoms with Crippen LogP contribution in [-0.4, -0.2) is 51.7 Å². The average molecular weight is 298 g/mol. The Hall–Kier alpha value is -1.99. The third kappa shape index (κ3) is 6.33. The van der Waals surface area contributed by atoms with Crippen LogP contribution < -0.4 is 15.2 Å². The molecule has 3 N–H and O–H groups in total. The molecule has 1 aromatic rings. The van der Waals surface area contributed by atoms with Gasteiger partial charge in [-0.25, -0.2) is 0 Å². The second kappa shape index (κ2) is 9.84. The predicted octanol–water partition coefficient (Wildman–Crippen LogP) is 1.22. The molecule has 0 saturated carbocycles. The van der Waals surface area contributed by atoms with E-state index in [4.69, 9.17) is 29.9 Å². The Kier molecular flexibility index (Phi) is 8.00. The van der Waals surface area contributed by atoms with Crippen molar-refractivity contribution >= 4 is 5.84 Å². The van der Waals surface area contributed by atoms with Gasteiger partial charge >= 0.3 is 0 Å². The van der Waals surface area contributed by atoms with E-state index < -0.39 is 0 Å². The number of rotatable bonds is 10. The largest absolute Gasteiger partial charge is 0.497 e. The lowest BCUT2D eigenvalue weighted by molar-refractivity contribution is 0.0644. The average Bonchev–Trinajstić information content (AvgIpc) is 2.52. The monoisotopic (exact) mass is 298 g/mol. The molecule has 0 bridgehead atoms. The summed E-state index contributed by atoms with van der Waals surface area (Å²) in [5.41, 5.74) is 6.10. The molecule has 0 aliphatic heterocycles. The van der Waals surface area contributed by atoms with E-state index in [9.17, 15) is 0 Å². The van der Waals surface area contributed by atoms with Crippen LogP contribution in [0.3, 0.4) is 0 Å². The molecule has 0 aliphatic carbocycles. The summed E-state index contributed by atoms with van der Waals surface area (Å²) < 4.78 is 21.0. The van der Waals surface area contributed by atoms with E-state index >= 15 is 0 Å². The molecular weight excluding hydrogens is 276 g/mol. The highest BCUT2D eigenvalue weighted by atomic mass is 16.5. The lowest BCUT2D eigenvalue weighted by Gasteiger charge is -2.10. The number of hydrogen-bond acceptors (Lipinski definition) is 6. The molecule has 7 nitrogen and oxygen atoms in total. The standard InChI is InChI=1S/C14H22N2O5/c1-18-6-7-20-4-3-5-21-13-9-11(14(15)16-17)8-12(10-13)19-2/h8-10,17H,3-7H2,1-2H3,(H2,15,16). The predicted molar refractivity (Wildman–Crippen MR) is 78.3 cm³/mol. The van der Waals surface area contributed by atoms with Crippen LogP contribution in [0.15, 0.2) is 23.4 Å². The van der Waals surface area contributed by atoms with Crippen molar-refractivity contribution in [2.24, 2.45) is 10.9 Å². The summed E-state index contributed by atoms with van der Waals surface area (Å²) >= 11 is 0. The normalized spacial score (nSPS) is 11.4. The third-order valence-corrected chi connectivity index (χ3v) is 2.65. The first kappa shape index (κ1) is 17.1. The number of nitrogens with zero attached hydrogens (tertiary/aromatic N) is 1. The van der Waals surface area contributed by atoms with Gasteiger partial charge in [0.05, 0.1) is 26.9 Å². The topological polar surface area (TPSA) is 95.5 Å². The molecule has 0 amide bonds. The molecule has 0 aromatic heterocycles. The van der Waals surface area contributed by atoms with E-state index in [-0.39, 0.29) is 5.84 Å². The number of methoxy groups -OCH3 is 2. The highest BCUT2D eigenvalue weighted by Crippen LogP contribution is 2.22. The molecular formula is C14H22N2O5. The summed E-state index contributed by atoms with van der Waals surface area (Å²) in [4.78, 5) is 0. The van der Waals surface area contributed by atoms with Gasteiger partial charge in [0, 0.05) is 31.8 Å². The molecule has 118 valence electrons. The van der Waals surface area contributed by atoms with Gasteiger partial charge in [-0.2, -0.15) is 0 Å². The summed E-state index contributed by atoms with van der Waals surface area (Å²) in [6, 6.07) is 5.08. The van der Waals surface area contributed by atoms with Gasteiger partial charge < -0.3 is 29.9 Å². The van der Waals surface area contributed by atoms with E-state index in [2.05, 4.69) is 5.16 Å². The Morgan fingerprint density at radius 2 is 1.86 bits per heavy atom. The van der Waals surface area contributed by atoms with Crippen LogP contribution in [0.1, 0.15) is 12.0 Å². The second-order valence-electron chi connectivity index (χ2n) is 4.19. The molecule has 0 unspecified atom stereocenters. The quantitative estimate of drug-likeness (QED) is 0.222. The van der Waals surface area contributed by atoms with Crippen molar-refractivity contribution in [2.45, 2.75) is 6.42 Å². The Bertz CT molecular complexity index is 451. The first-order chi connectivity index (χ1) is 10.2. The molecule has 1 aromatic carbocycles. The zero-order valence-electron chi connectivity index (χ0n) is 12.4. The maximum absolute atomic E-state index is 8.71. The van der Waals surface area contributed by atoms with Crippen LogP contribution in [-0.2, 0) is 9.47 Å². The molecule has 0 heterocycles. The van der Waals surface area contributed by atoms with Crippen molar-refractivity contribution < 1.29 is 24.2 Å². The number of amidine groups is 1. The molecule has 0 radical (unpaired) electrons. The van der Waals surface area contributed by atoms with Crippen molar-refractivity contribution in [2.75, 3.05) is 40.6 Å². The minimum absolute atomic E-state index is 0.00153. The smallest absolute Gasteiger partial charge is 0.170 e. The summed E-state index contributed by atoms with van der Waals surface area (Å²) in [7, 11) is 3.17. The molecule has 21 heavy (non-hydrogen) atoms. The molecule has 0 spiro atoms. The van der Waals surface area contributed by atoms with Gasteiger partial charge in [-0.3, -0.25) is 0 Å². The number of hydrogen-bond donors (Lipinski definition) is 2. The number of benzene rings is 1. The van der Waals surface area contributed by atoms with Gasteiger partial charge in [-0.15, -0.1) is 0 Å². The minimum Gasteiger partial charge on any atom is -0.497 e. The van der Waals surface area contributed by atoms with Crippen LogP contribution in [0.4, 0.5) is 0 Å². The van der Waals surface area contributed by atoms with E-state index in [1.807, 2.05) is 0 Å². The zero-order valence-corrected chi connectivity index (χ0v) is 12.4. The number of nitrogens with two attached hydrogens (primary N) is 1. The van der Waals surface area contributed by atoms with Crippen LogP contribution in [0.5, 0.6) is 11.5 Å². The summed E-state index contributed by atoms with van der Waals surface area (Å²) in [6.07, 6.45) is 0.750. The van der Waals surface area contributed by atoms with E-state index in [0.717, 1.165) is 6.42 Å². The summed E-state index contributed by atoms with van der Waals surface area (Å²) in [5.74, 6) is 1.17. The summed E-state index contributed by atoms with van der Waals surface area (Å²) in [5, 5.41) is 11.7. The fourth-order valence-corrected chi connectivity index (χ4v) is 1.57. The summed E-state index contributed by atoms with van der Waals surface area (Å²) in [6.45, 7) is 2.25. The molecule has 0 aliphatic rings. The SMILES string of the molecule is COCCOCCCOc1cc(OC)cc(/C(N)=N/O)c1. The Morgan fingerprint density at radius 1 is 1.10 bits per heavy atom. The van der Waals surface area contributed by atoms with Gasteiger partial charge in [0.15, 0.2) is 5.84 Å². The number of oxime groups is 1. The molecule has 1 rings (SSSR count). The maximum Gasteiger partial charge on any atom is 0.170 e. The van der Waals surface area contributed by atoms with Gasteiger partial charge in [0.25, 0.3) is 0 Å². The molecule has 0 saturated heterocycles. The van der Waals surface area contributed by atoms with Crippen molar-refractivity contribution in [1.29, 1.82) is 0 Å². The Labute approximate surface area is 124 Å². The molecule has 0 atom stereocenters. The highest BCUT2D eigenvalue weighted by Gasteiger charge is 2.06. The van der Waals surface area contributed by atoms with Gasteiger partial charge in [-0.05, 0) is 12.1 Å². The van der Waals surface area contributed by atoms with Crippen molar-refractivity contribution in [1.82, 2.24) is 0 Å². The van der Waals surface area contributed by atoms with Crippen LogP contribution >= 0.6 is 0 Å². The van der Waals surface area contributed by atoms with E-state index in [0.29, 0.717) is 43.5 Å². The van der Waals surface area contributed by atoms with E-state index in [1.165, 1.54) is 0 Å². The van der Waals surface area contributed by atoms with Gasteiger partial charge in [-0.1, -0.05) is 5.16 Å². The third-order valence-electron chi connectivity index (χ3n) is 2.65. The first-order valence-corrected chi connectivity index (χ1v) is 6.57. The van der Waals surface area contributed by atoms with Crippen molar-refractivity contribution in [3.63, 3.8) is 0 Å². The lowest BCUT2D eigenvalue weighted by atomic mass is 10.2. The van der Waals surface area contributed by atoms with Crippen molar-refractivity contribution in [3.8, 4) is 11.5 Å². The molecule has 7 heteroatoms. The minimum atomic E-state index is 0.00153. The lowest BCUT2D eigenvalue weighted by Crippen LogP contribution is -2.13. The maximum atomic E-state index is 8.71. The Morgan fingerprint density at radius 3 is 2.52 bits per heavy atom. The number of ether oxygens (including phenoxy) is 4. The second-order valence-corrected chi connectivity index (χ2v) is 4.19. The molecule has 0 fully saturated rings. The highest BCUT2D eigenvalue weighted by molar-refractivity contribution is 5.97. The van der Waals surface area contributed by atoms with Gasteiger partial charge in [0.1, 0.15) is 11.5 Å². The van der Waals surface area contributed by atoms with Crippen LogP contribution in [0, 0.1) is 0 Å². The zero-order chi connectivity index (χ0) is 15.5. The fourth-order valence-electron chi connectivity index (χ4n) is 1.57. The van der Waals surface area contributed by atoms with Crippen LogP contribution in [0.2, 0.25) is 0 Å². The van der Waals surface area contributed by atoms with Crippen LogP contribution in [0.25, 0.3) is 0 Å². The van der Waals surface area contributed by atoms with E-state index in [1.54, 1.807) is 32.4 Å². The Balaban J connectivity index is 2.47. The fraction of sp³-hybridized carbons (Fsp3) is 0.500. The van der Waals surface area contributed by atoms with Gasteiger partial charge in [0.2, 0.25) is 0 Å².